The number of aromatic nitrogens is 1. The monoisotopic (exact) mass is 266 g/mol. The molecule has 94 valence electrons. The Hall–Kier alpha value is -1.83. The summed E-state index contributed by atoms with van der Waals surface area (Å²) in [6.07, 6.45) is 5.83. The van der Waals surface area contributed by atoms with Crippen LogP contribution in [0.4, 0.5) is 0 Å². The lowest BCUT2D eigenvalue weighted by Gasteiger charge is -2.15. The molecule has 0 N–H and O–H groups in total. The molecule has 19 heavy (non-hydrogen) atoms. The van der Waals surface area contributed by atoms with Gasteiger partial charge < -0.3 is 0 Å². The second-order valence-electron chi connectivity index (χ2n) is 4.84. The summed E-state index contributed by atoms with van der Waals surface area (Å²) < 4.78 is 0. The molecule has 1 atom stereocenters. The summed E-state index contributed by atoms with van der Waals surface area (Å²) in [5.74, 6) is 0. The van der Waals surface area contributed by atoms with E-state index in [2.05, 4.69) is 46.3 Å². The van der Waals surface area contributed by atoms with E-state index >= 15 is 0 Å². The summed E-state index contributed by atoms with van der Waals surface area (Å²) >= 11 is 4.83. The number of benzene rings is 1. The van der Waals surface area contributed by atoms with Crippen molar-refractivity contribution in [2.45, 2.75) is 25.8 Å². The minimum atomic E-state index is -0.0569. The first-order valence-corrected chi connectivity index (χ1v) is 6.80. The summed E-state index contributed by atoms with van der Waals surface area (Å²) in [4.78, 5) is 8.64. The third-order valence-corrected chi connectivity index (χ3v) is 3.91. The van der Waals surface area contributed by atoms with Gasteiger partial charge in [0.05, 0.1) is 5.16 Å². The lowest BCUT2D eigenvalue weighted by atomic mass is 9.94. The van der Waals surface area contributed by atoms with Gasteiger partial charge in [-0.05, 0) is 60.3 Å². The van der Waals surface area contributed by atoms with Crippen LogP contribution in [0.1, 0.15) is 33.9 Å². The summed E-state index contributed by atoms with van der Waals surface area (Å²) in [6, 6.07) is 8.42. The zero-order valence-corrected chi connectivity index (χ0v) is 11.6. The normalized spacial score (nSPS) is 16.8. The highest BCUT2D eigenvalue weighted by atomic mass is 32.1. The fourth-order valence-corrected chi connectivity index (χ4v) is 2.96. The van der Waals surface area contributed by atoms with Crippen LogP contribution in [0.25, 0.3) is 0 Å². The van der Waals surface area contributed by atoms with E-state index in [4.69, 9.17) is 12.2 Å². The van der Waals surface area contributed by atoms with Gasteiger partial charge in [0.25, 0.3) is 0 Å². The van der Waals surface area contributed by atoms with Crippen LogP contribution in [0.15, 0.2) is 41.7 Å². The van der Waals surface area contributed by atoms with Crippen molar-refractivity contribution in [3.8, 4) is 0 Å². The van der Waals surface area contributed by atoms with Gasteiger partial charge in [0.1, 0.15) is 6.04 Å². The molecule has 0 amide bonds. The Bertz CT molecular complexity index is 672. The predicted molar refractivity (Wildman–Crippen MR) is 79.7 cm³/mol. The lowest BCUT2D eigenvalue weighted by Crippen LogP contribution is -2.02. The zero-order valence-electron chi connectivity index (χ0n) is 10.8. The van der Waals surface area contributed by atoms with Gasteiger partial charge in [0.15, 0.2) is 0 Å². The van der Waals surface area contributed by atoms with Gasteiger partial charge in [-0.25, -0.2) is 4.99 Å². The minimum Gasteiger partial charge on any atom is -0.264 e. The third kappa shape index (κ3) is 2.12. The molecular weight excluding hydrogens is 252 g/mol. The first-order valence-electron chi connectivity index (χ1n) is 6.39. The van der Waals surface area contributed by atoms with Crippen molar-refractivity contribution in [3.63, 3.8) is 0 Å². The molecule has 1 aromatic carbocycles. The molecule has 2 nitrogen and oxygen atoms in total. The number of hydrogen-bond acceptors (Lipinski definition) is 3. The molecule has 0 saturated carbocycles. The number of isothiocyanates is 1. The number of fused-ring (bicyclic) bond motifs is 2. The quantitative estimate of drug-likeness (QED) is 0.581. The molecule has 0 fully saturated rings. The number of aliphatic imine (C=N–C) groups is 1. The Labute approximate surface area is 118 Å². The summed E-state index contributed by atoms with van der Waals surface area (Å²) in [5.41, 5.74) is 6.42. The summed E-state index contributed by atoms with van der Waals surface area (Å²) in [5, 5.41) is 2.55. The summed E-state index contributed by atoms with van der Waals surface area (Å²) in [7, 11) is 0. The van der Waals surface area contributed by atoms with Crippen LogP contribution < -0.4 is 0 Å². The van der Waals surface area contributed by atoms with Crippen LogP contribution >= 0.6 is 12.2 Å². The van der Waals surface area contributed by atoms with Gasteiger partial charge in [0, 0.05) is 18.0 Å². The Morgan fingerprint density at radius 2 is 2.16 bits per heavy atom. The fraction of sp³-hybridized carbons (Fsp3) is 0.250. The van der Waals surface area contributed by atoms with Crippen LogP contribution in [0.3, 0.4) is 0 Å². The average molecular weight is 266 g/mol. The number of thiocarbonyl (C=S) groups is 1. The van der Waals surface area contributed by atoms with Crippen LogP contribution in [0.2, 0.25) is 0 Å². The van der Waals surface area contributed by atoms with Crippen molar-refractivity contribution in [2.75, 3.05) is 0 Å². The zero-order chi connectivity index (χ0) is 13.2. The Morgan fingerprint density at radius 3 is 3.00 bits per heavy atom. The molecule has 0 aliphatic heterocycles. The molecule has 3 heteroatoms. The Balaban J connectivity index is 2.27. The van der Waals surface area contributed by atoms with E-state index in [1.54, 1.807) is 0 Å². The van der Waals surface area contributed by atoms with Gasteiger partial charge in [-0.15, -0.1) is 0 Å². The van der Waals surface area contributed by atoms with Gasteiger partial charge in [0.2, 0.25) is 0 Å². The maximum Gasteiger partial charge on any atom is 0.112 e. The van der Waals surface area contributed by atoms with Crippen molar-refractivity contribution in [1.82, 2.24) is 4.98 Å². The molecule has 1 unspecified atom stereocenters. The van der Waals surface area contributed by atoms with Gasteiger partial charge in [-0.3, -0.25) is 4.98 Å². The molecular formula is C16H14N2S. The lowest BCUT2D eigenvalue weighted by molar-refractivity contribution is 0.862. The molecule has 1 aromatic heterocycles. The van der Waals surface area contributed by atoms with Gasteiger partial charge in [-0.1, -0.05) is 18.2 Å². The highest BCUT2D eigenvalue weighted by molar-refractivity contribution is 7.78. The first kappa shape index (κ1) is 12.2. The Morgan fingerprint density at radius 1 is 1.26 bits per heavy atom. The second kappa shape index (κ2) is 5.04. The second-order valence-corrected chi connectivity index (χ2v) is 5.02. The van der Waals surface area contributed by atoms with Crippen LogP contribution in [-0.2, 0) is 12.8 Å². The highest BCUT2D eigenvalue weighted by Gasteiger charge is 2.23. The number of pyridine rings is 1. The highest BCUT2D eigenvalue weighted by Crippen LogP contribution is 2.35. The average Bonchev–Trinajstić information content (AvgIpc) is 2.59. The van der Waals surface area contributed by atoms with E-state index in [0.29, 0.717) is 0 Å². The van der Waals surface area contributed by atoms with Crippen molar-refractivity contribution in [3.05, 3.63) is 64.5 Å². The molecule has 1 aliphatic carbocycles. The van der Waals surface area contributed by atoms with Crippen molar-refractivity contribution in [2.24, 2.45) is 4.99 Å². The van der Waals surface area contributed by atoms with Crippen molar-refractivity contribution < 1.29 is 0 Å². The Kier molecular flexibility index (Phi) is 3.24. The smallest absolute Gasteiger partial charge is 0.112 e. The van der Waals surface area contributed by atoms with E-state index in [1.165, 1.54) is 22.3 Å². The van der Waals surface area contributed by atoms with Crippen LogP contribution in [0.5, 0.6) is 0 Å². The minimum absolute atomic E-state index is 0.0569. The summed E-state index contributed by atoms with van der Waals surface area (Å²) in [6.45, 7) is 2.16. The SMILES string of the molecule is Cc1cccc2c1CCc1ccncc1C2N=C=S. The van der Waals surface area contributed by atoms with E-state index in [0.717, 1.165) is 18.4 Å². The molecule has 1 aliphatic rings. The predicted octanol–water partition coefficient (Wildman–Crippen LogP) is 3.68. The number of aryl methyl sites for hydroxylation is 2. The number of hydrogen-bond donors (Lipinski definition) is 0. The molecule has 2 aromatic rings. The van der Waals surface area contributed by atoms with Gasteiger partial charge >= 0.3 is 0 Å². The van der Waals surface area contributed by atoms with Crippen LogP contribution in [0, 0.1) is 6.92 Å². The molecule has 0 bridgehead atoms. The van der Waals surface area contributed by atoms with E-state index in [-0.39, 0.29) is 6.04 Å². The molecule has 0 spiro atoms. The molecule has 0 radical (unpaired) electrons. The van der Waals surface area contributed by atoms with Crippen LogP contribution in [-0.4, -0.2) is 10.1 Å². The van der Waals surface area contributed by atoms with E-state index in [9.17, 15) is 0 Å². The third-order valence-electron chi connectivity index (χ3n) is 3.81. The first-order chi connectivity index (χ1) is 9.31. The van der Waals surface area contributed by atoms with E-state index in [1.807, 2.05) is 12.4 Å². The van der Waals surface area contributed by atoms with E-state index < -0.39 is 0 Å². The van der Waals surface area contributed by atoms with Gasteiger partial charge in [-0.2, -0.15) is 0 Å². The molecule has 1 heterocycles. The van der Waals surface area contributed by atoms with Crippen molar-refractivity contribution >= 4 is 17.4 Å². The maximum absolute atomic E-state index is 4.83. The largest absolute Gasteiger partial charge is 0.264 e. The maximum atomic E-state index is 4.83. The topological polar surface area (TPSA) is 25.2 Å². The van der Waals surface area contributed by atoms with Crippen molar-refractivity contribution in [1.29, 1.82) is 0 Å². The molecule has 3 rings (SSSR count). The number of nitrogens with zero attached hydrogens (tertiary/aromatic N) is 2. The fourth-order valence-electron chi connectivity index (χ4n) is 2.85. The standard InChI is InChI=1S/C16H14N2S/c1-11-3-2-4-14-13(11)6-5-12-7-8-17-9-15(12)16(14)18-10-19/h2-4,7-9,16H,5-6H2,1H3. The molecule has 0 saturated heterocycles. The number of rotatable bonds is 1.